The molecular formula is C21H27NO3. The normalized spacial score (nSPS) is 15.6. The monoisotopic (exact) mass is 341 g/mol. The van der Waals surface area contributed by atoms with Gasteiger partial charge in [-0.1, -0.05) is 43.3 Å². The van der Waals surface area contributed by atoms with Crippen LogP contribution in [0.25, 0.3) is 0 Å². The van der Waals surface area contributed by atoms with E-state index in [1.54, 1.807) is 0 Å². The first-order valence-electron chi connectivity index (χ1n) is 9.13. The van der Waals surface area contributed by atoms with Gasteiger partial charge in [-0.3, -0.25) is 0 Å². The largest absolute Gasteiger partial charge is 0.486 e. The molecule has 0 bridgehead atoms. The van der Waals surface area contributed by atoms with Crippen molar-refractivity contribution >= 4 is 0 Å². The Hall–Kier alpha value is -2.04. The molecule has 0 aliphatic carbocycles. The van der Waals surface area contributed by atoms with Gasteiger partial charge in [0, 0.05) is 18.7 Å². The molecule has 0 spiro atoms. The molecule has 25 heavy (non-hydrogen) atoms. The SMILES string of the molecule is CCC(NC(CCCO)c1ccccc1)c1ccc2c(c1)OCCO2. The van der Waals surface area contributed by atoms with Crippen molar-refractivity contribution in [1.82, 2.24) is 5.32 Å². The van der Waals surface area contributed by atoms with Gasteiger partial charge in [-0.05, 0) is 42.5 Å². The zero-order valence-corrected chi connectivity index (χ0v) is 14.8. The van der Waals surface area contributed by atoms with Gasteiger partial charge in [-0.2, -0.15) is 0 Å². The van der Waals surface area contributed by atoms with Crippen LogP contribution in [0.2, 0.25) is 0 Å². The number of ether oxygens (including phenoxy) is 2. The highest BCUT2D eigenvalue weighted by Gasteiger charge is 2.19. The molecule has 2 N–H and O–H groups in total. The molecule has 4 nitrogen and oxygen atoms in total. The molecule has 3 rings (SSSR count). The summed E-state index contributed by atoms with van der Waals surface area (Å²) in [5.41, 5.74) is 2.46. The molecule has 0 fully saturated rings. The summed E-state index contributed by atoms with van der Waals surface area (Å²) in [4.78, 5) is 0. The fourth-order valence-electron chi connectivity index (χ4n) is 3.30. The van der Waals surface area contributed by atoms with E-state index >= 15 is 0 Å². The number of fused-ring (bicyclic) bond motifs is 1. The minimum atomic E-state index is 0.214. The second-order valence-electron chi connectivity index (χ2n) is 6.36. The number of hydrogen-bond acceptors (Lipinski definition) is 4. The maximum absolute atomic E-state index is 9.24. The van der Waals surface area contributed by atoms with Gasteiger partial charge >= 0.3 is 0 Å². The fraction of sp³-hybridized carbons (Fsp3) is 0.429. The van der Waals surface area contributed by atoms with Crippen LogP contribution >= 0.6 is 0 Å². The Bertz CT molecular complexity index is 659. The van der Waals surface area contributed by atoms with E-state index in [1.165, 1.54) is 11.1 Å². The van der Waals surface area contributed by atoms with Crippen molar-refractivity contribution in [2.24, 2.45) is 0 Å². The Kier molecular flexibility index (Phi) is 6.31. The molecular weight excluding hydrogens is 314 g/mol. The summed E-state index contributed by atoms with van der Waals surface area (Å²) < 4.78 is 11.3. The van der Waals surface area contributed by atoms with Gasteiger partial charge in [0.2, 0.25) is 0 Å². The molecule has 2 atom stereocenters. The zero-order valence-electron chi connectivity index (χ0n) is 14.8. The second-order valence-corrected chi connectivity index (χ2v) is 6.36. The maximum Gasteiger partial charge on any atom is 0.161 e. The first-order chi connectivity index (χ1) is 12.3. The molecule has 0 aromatic heterocycles. The Morgan fingerprint density at radius 3 is 2.44 bits per heavy atom. The first kappa shape index (κ1) is 17.8. The molecule has 1 aliphatic rings. The van der Waals surface area contributed by atoms with Crippen LogP contribution in [0.3, 0.4) is 0 Å². The van der Waals surface area contributed by atoms with Gasteiger partial charge in [0.1, 0.15) is 13.2 Å². The van der Waals surface area contributed by atoms with Crippen LogP contribution in [0.4, 0.5) is 0 Å². The summed E-state index contributed by atoms with van der Waals surface area (Å²) in [7, 11) is 0. The number of benzene rings is 2. The average Bonchev–Trinajstić information content (AvgIpc) is 2.68. The van der Waals surface area contributed by atoms with Gasteiger partial charge in [0.15, 0.2) is 11.5 Å². The third-order valence-electron chi connectivity index (χ3n) is 4.63. The minimum Gasteiger partial charge on any atom is -0.486 e. The fourth-order valence-corrected chi connectivity index (χ4v) is 3.30. The molecule has 0 saturated heterocycles. The van der Waals surface area contributed by atoms with E-state index < -0.39 is 0 Å². The van der Waals surface area contributed by atoms with Gasteiger partial charge in [-0.25, -0.2) is 0 Å². The van der Waals surface area contributed by atoms with Gasteiger partial charge in [-0.15, -0.1) is 0 Å². The zero-order chi connectivity index (χ0) is 17.5. The first-order valence-corrected chi connectivity index (χ1v) is 9.13. The molecule has 1 aliphatic heterocycles. The van der Waals surface area contributed by atoms with Crippen molar-refractivity contribution in [3.8, 4) is 11.5 Å². The number of rotatable bonds is 8. The highest BCUT2D eigenvalue weighted by Crippen LogP contribution is 2.34. The Balaban J connectivity index is 1.78. The van der Waals surface area contributed by atoms with Crippen LogP contribution in [-0.2, 0) is 0 Å². The molecule has 134 valence electrons. The summed E-state index contributed by atoms with van der Waals surface area (Å²) in [6.45, 7) is 3.61. The quantitative estimate of drug-likeness (QED) is 0.762. The van der Waals surface area contributed by atoms with Gasteiger partial charge < -0.3 is 19.9 Å². The van der Waals surface area contributed by atoms with Crippen molar-refractivity contribution in [1.29, 1.82) is 0 Å². The summed E-state index contributed by atoms with van der Waals surface area (Å²) in [5, 5.41) is 13.0. The molecule has 0 amide bonds. The van der Waals surface area contributed by atoms with E-state index in [2.05, 4.69) is 48.6 Å². The van der Waals surface area contributed by atoms with Crippen molar-refractivity contribution in [2.45, 2.75) is 38.3 Å². The molecule has 1 heterocycles. The lowest BCUT2D eigenvalue weighted by Gasteiger charge is -2.27. The number of aliphatic hydroxyl groups excluding tert-OH is 1. The van der Waals surface area contributed by atoms with Crippen LogP contribution < -0.4 is 14.8 Å². The lowest BCUT2D eigenvalue weighted by atomic mass is 9.97. The lowest BCUT2D eigenvalue weighted by Crippen LogP contribution is -2.27. The smallest absolute Gasteiger partial charge is 0.161 e. The molecule has 0 saturated carbocycles. The summed E-state index contributed by atoms with van der Waals surface area (Å²) >= 11 is 0. The van der Waals surface area contributed by atoms with Crippen molar-refractivity contribution in [2.75, 3.05) is 19.8 Å². The Morgan fingerprint density at radius 2 is 1.72 bits per heavy atom. The van der Waals surface area contributed by atoms with Crippen LogP contribution in [0, 0.1) is 0 Å². The summed E-state index contributed by atoms with van der Waals surface area (Å²) in [5.74, 6) is 1.65. The third kappa shape index (κ3) is 4.53. The van der Waals surface area contributed by atoms with Crippen molar-refractivity contribution < 1.29 is 14.6 Å². The molecule has 0 radical (unpaired) electrons. The number of nitrogens with one attached hydrogen (secondary N) is 1. The van der Waals surface area contributed by atoms with Crippen molar-refractivity contribution in [3.63, 3.8) is 0 Å². The summed E-state index contributed by atoms with van der Waals surface area (Å²) in [6, 6.07) is 17.1. The highest BCUT2D eigenvalue weighted by atomic mass is 16.6. The molecule has 2 aromatic carbocycles. The van der Waals surface area contributed by atoms with E-state index in [9.17, 15) is 5.11 Å². The third-order valence-corrected chi connectivity index (χ3v) is 4.63. The highest BCUT2D eigenvalue weighted by molar-refractivity contribution is 5.44. The van der Waals surface area contributed by atoms with Crippen LogP contribution in [0.1, 0.15) is 49.4 Å². The topological polar surface area (TPSA) is 50.7 Å². The Labute approximate surface area is 149 Å². The van der Waals surface area contributed by atoms with E-state index in [0.29, 0.717) is 13.2 Å². The minimum absolute atomic E-state index is 0.214. The predicted molar refractivity (Wildman–Crippen MR) is 99.1 cm³/mol. The summed E-state index contributed by atoms with van der Waals surface area (Å²) in [6.07, 6.45) is 2.66. The molecule has 2 aromatic rings. The van der Waals surface area contributed by atoms with E-state index in [0.717, 1.165) is 30.8 Å². The van der Waals surface area contributed by atoms with Gasteiger partial charge in [0.25, 0.3) is 0 Å². The Morgan fingerprint density at radius 1 is 0.960 bits per heavy atom. The number of aliphatic hydroxyl groups is 1. The average molecular weight is 341 g/mol. The maximum atomic E-state index is 9.24. The van der Waals surface area contributed by atoms with Crippen LogP contribution in [0.15, 0.2) is 48.5 Å². The van der Waals surface area contributed by atoms with Crippen LogP contribution in [-0.4, -0.2) is 24.9 Å². The second kappa shape index (κ2) is 8.88. The predicted octanol–water partition coefficient (Wildman–Crippen LogP) is 4.01. The molecule has 4 heteroatoms. The lowest BCUT2D eigenvalue weighted by molar-refractivity contribution is 0.171. The van der Waals surface area contributed by atoms with E-state index in [1.807, 2.05) is 12.1 Å². The molecule has 2 unspecified atom stereocenters. The standard InChI is InChI=1S/C21H27NO3/c1-2-18(17-10-11-20-21(15-17)25-14-13-24-20)22-19(9-6-12-23)16-7-4-3-5-8-16/h3-5,7-8,10-11,15,18-19,22-23H,2,6,9,12-14H2,1H3. The van der Waals surface area contributed by atoms with Gasteiger partial charge in [0.05, 0.1) is 0 Å². The number of hydrogen-bond donors (Lipinski definition) is 2. The van der Waals surface area contributed by atoms with E-state index in [-0.39, 0.29) is 18.7 Å². The van der Waals surface area contributed by atoms with Crippen molar-refractivity contribution in [3.05, 3.63) is 59.7 Å². The van der Waals surface area contributed by atoms with Crippen LogP contribution in [0.5, 0.6) is 11.5 Å². The van der Waals surface area contributed by atoms with E-state index in [4.69, 9.17) is 9.47 Å².